The number of halogens is 1. The molecule has 2 aromatic rings. The van der Waals surface area contributed by atoms with Gasteiger partial charge in [-0.05, 0) is 18.6 Å². The summed E-state index contributed by atoms with van der Waals surface area (Å²) < 4.78 is 1.64. The molecule has 0 aliphatic heterocycles. The second-order valence-electron chi connectivity index (χ2n) is 2.66. The second-order valence-corrected chi connectivity index (χ2v) is 3.47. The molecule has 13 heavy (non-hydrogen) atoms. The molecule has 0 saturated carbocycles. The van der Waals surface area contributed by atoms with Crippen LogP contribution in [0, 0.1) is 0 Å². The molecule has 0 unspecified atom stereocenters. The zero-order valence-electron chi connectivity index (χ0n) is 7.03. The topological polar surface area (TPSA) is 30.2 Å². The highest BCUT2D eigenvalue weighted by molar-refractivity contribution is 7.80. The molecule has 68 valence electrons. The van der Waals surface area contributed by atoms with E-state index in [1.54, 1.807) is 10.6 Å². The van der Waals surface area contributed by atoms with Crippen LogP contribution in [-0.4, -0.2) is 14.6 Å². The molecular weight excluding hydrogens is 206 g/mol. The normalized spacial score (nSPS) is 11.0. The number of imidazole rings is 1. The summed E-state index contributed by atoms with van der Waals surface area (Å²) in [5, 5.41) is 5.30. The molecule has 0 aliphatic rings. The van der Waals surface area contributed by atoms with E-state index < -0.39 is 0 Å². The average Bonchev–Trinajstić information content (AvgIpc) is 2.44. The number of thiol groups is 1. The molecule has 3 nitrogen and oxygen atoms in total. The zero-order valence-corrected chi connectivity index (χ0v) is 8.68. The maximum atomic E-state index is 5.75. The molecule has 0 saturated heterocycles. The van der Waals surface area contributed by atoms with E-state index in [4.69, 9.17) is 11.6 Å². The number of nitrogens with zero attached hydrogens (tertiary/aromatic N) is 3. The van der Waals surface area contributed by atoms with Crippen LogP contribution in [0.15, 0.2) is 17.2 Å². The molecule has 2 heterocycles. The van der Waals surface area contributed by atoms with Gasteiger partial charge in [0.05, 0.1) is 5.69 Å². The number of rotatable bonds is 1. The lowest BCUT2D eigenvalue weighted by atomic mass is 10.4. The minimum atomic E-state index is 0.447. The van der Waals surface area contributed by atoms with Crippen LogP contribution < -0.4 is 0 Å². The van der Waals surface area contributed by atoms with Crippen LogP contribution in [0.3, 0.4) is 0 Å². The number of hydrogen-bond acceptors (Lipinski definition) is 3. The van der Waals surface area contributed by atoms with Gasteiger partial charge in [0, 0.05) is 0 Å². The van der Waals surface area contributed by atoms with Crippen molar-refractivity contribution in [2.75, 3.05) is 0 Å². The van der Waals surface area contributed by atoms with Crippen molar-refractivity contribution in [3.8, 4) is 0 Å². The van der Waals surface area contributed by atoms with Crippen molar-refractivity contribution in [2.24, 2.45) is 0 Å². The highest BCUT2D eigenvalue weighted by atomic mass is 35.5. The highest BCUT2D eigenvalue weighted by Gasteiger charge is 2.07. The van der Waals surface area contributed by atoms with E-state index in [0.29, 0.717) is 5.15 Å². The molecule has 0 spiro atoms. The van der Waals surface area contributed by atoms with Crippen LogP contribution in [0.4, 0.5) is 0 Å². The first-order valence-electron chi connectivity index (χ1n) is 3.95. The first kappa shape index (κ1) is 8.84. The fourth-order valence-electron chi connectivity index (χ4n) is 1.18. The largest absolute Gasteiger partial charge is 0.231 e. The molecule has 0 bridgehead atoms. The van der Waals surface area contributed by atoms with Gasteiger partial charge in [-0.15, -0.1) is 12.6 Å². The van der Waals surface area contributed by atoms with E-state index in [-0.39, 0.29) is 0 Å². The van der Waals surface area contributed by atoms with E-state index in [1.807, 2.05) is 13.0 Å². The van der Waals surface area contributed by atoms with E-state index >= 15 is 0 Å². The number of aromatic nitrogens is 3. The third-order valence-electron chi connectivity index (χ3n) is 1.83. The average molecular weight is 214 g/mol. The summed E-state index contributed by atoms with van der Waals surface area (Å²) in [6, 6.07) is 3.55. The molecule has 0 radical (unpaired) electrons. The third kappa shape index (κ3) is 1.40. The molecule has 0 aliphatic carbocycles. The van der Waals surface area contributed by atoms with Gasteiger partial charge in [0.2, 0.25) is 0 Å². The standard InChI is InChI=1S/C8H8ClN3S/c1-2-5-8(13)12-7(10-5)4-3-6(9)11-12/h3-4,13H,2H2,1H3. The van der Waals surface area contributed by atoms with E-state index in [1.165, 1.54) is 0 Å². The molecule has 5 heteroatoms. The fraction of sp³-hybridized carbons (Fsp3) is 0.250. The van der Waals surface area contributed by atoms with Gasteiger partial charge >= 0.3 is 0 Å². The van der Waals surface area contributed by atoms with E-state index in [0.717, 1.165) is 22.8 Å². The van der Waals surface area contributed by atoms with Crippen molar-refractivity contribution in [1.29, 1.82) is 0 Å². The Hall–Kier alpha value is -0.740. The Bertz CT molecular complexity index is 452. The van der Waals surface area contributed by atoms with E-state index in [2.05, 4.69) is 22.7 Å². The van der Waals surface area contributed by atoms with Gasteiger partial charge in [0.25, 0.3) is 0 Å². The monoisotopic (exact) mass is 213 g/mol. The van der Waals surface area contributed by atoms with Crippen molar-refractivity contribution in [3.63, 3.8) is 0 Å². The molecule has 0 aromatic carbocycles. The minimum Gasteiger partial charge on any atom is -0.231 e. The SMILES string of the molecule is CCc1nc2ccc(Cl)nn2c1S. The Kier molecular flexibility index (Phi) is 2.17. The predicted molar refractivity (Wildman–Crippen MR) is 54.6 cm³/mol. The van der Waals surface area contributed by atoms with E-state index in [9.17, 15) is 0 Å². The first-order chi connectivity index (χ1) is 6.22. The van der Waals surface area contributed by atoms with Crippen LogP contribution in [0.25, 0.3) is 5.65 Å². The second kappa shape index (κ2) is 3.20. The van der Waals surface area contributed by atoms with Crippen molar-refractivity contribution in [3.05, 3.63) is 23.0 Å². The summed E-state index contributed by atoms with van der Waals surface area (Å²) in [7, 11) is 0. The fourth-order valence-corrected chi connectivity index (χ4v) is 1.68. The third-order valence-corrected chi connectivity index (χ3v) is 2.47. The molecule has 0 N–H and O–H groups in total. The highest BCUT2D eigenvalue weighted by Crippen LogP contribution is 2.17. The summed E-state index contributed by atoms with van der Waals surface area (Å²) >= 11 is 10.1. The van der Waals surface area contributed by atoms with Crippen LogP contribution in [0.1, 0.15) is 12.6 Å². The molecule has 0 fully saturated rings. The zero-order chi connectivity index (χ0) is 9.42. The summed E-state index contributed by atoms with van der Waals surface area (Å²) in [5.74, 6) is 0. The van der Waals surface area contributed by atoms with Gasteiger partial charge in [-0.1, -0.05) is 18.5 Å². The lowest BCUT2D eigenvalue weighted by Crippen LogP contribution is -1.91. The summed E-state index contributed by atoms with van der Waals surface area (Å²) in [4.78, 5) is 4.34. The van der Waals surface area contributed by atoms with Crippen molar-refractivity contribution >= 4 is 29.9 Å². The summed E-state index contributed by atoms with van der Waals surface area (Å²) in [5.41, 5.74) is 1.73. The van der Waals surface area contributed by atoms with Gasteiger partial charge in [-0.25, -0.2) is 9.50 Å². The van der Waals surface area contributed by atoms with Gasteiger partial charge in [-0.2, -0.15) is 5.10 Å². The Morgan fingerprint density at radius 3 is 3.00 bits per heavy atom. The smallest absolute Gasteiger partial charge is 0.155 e. The van der Waals surface area contributed by atoms with Gasteiger partial charge in [0.1, 0.15) is 10.2 Å². The van der Waals surface area contributed by atoms with Crippen LogP contribution in [0.2, 0.25) is 5.15 Å². The molecule has 0 amide bonds. The number of aryl methyl sites for hydroxylation is 1. The van der Waals surface area contributed by atoms with Crippen LogP contribution in [0.5, 0.6) is 0 Å². The van der Waals surface area contributed by atoms with Gasteiger partial charge in [0.15, 0.2) is 5.65 Å². The number of hydrogen-bond donors (Lipinski definition) is 1. The lowest BCUT2D eigenvalue weighted by molar-refractivity contribution is 0.840. The minimum absolute atomic E-state index is 0.447. The van der Waals surface area contributed by atoms with Crippen molar-refractivity contribution in [1.82, 2.24) is 14.6 Å². The van der Waals surface area contributed by atoms with Crippen molar-refractivity contribution in [2.45, 2.75) is 18.4 Å². The Balaban J connectivity index is 2.77. The summed E-state index contributed by atoms with van der Waals surface area (Å²) in [6.07, 6.45) is 0.847. The Labute approximate surface area is 86.1 Å². The Morgan fingerprint density at radius 1 is 1.54 bits per heavy atom. The first-order valence-corrected chi connectivity index (χ1v) is 4.78. The number of fused-ring (bicyclic) bond motifs is 1. The predicted octanol–water partition coefficient (Wildman–Crippen LogP) is 2.23. The Morgan fingerprint density at radius 2 is 2.31 bits per heavy atom. The molecular formula is C8H8ClN3S. The van der Waals surface area contributed by atoms with Crippen LogP contribution >= 0.6 is 24.2 Å². The summed E-state index contributed by atoms with van der Waals surface area (Å²) in [6.45, 7) is 2.03. The van der Waals surface area contributed by atoms with Gasteiger partial charge < -0.3 is 0 Å². The maximum absolute atomic E-state index is 5.75. The quantitative estimate of drug-likeness (QED) is 0.737. The lowest BCUT2D eigenvalue weighted by Gasteiger charge is -1.94. The molecule has 2 aromatic heterocycles. The maximum Gasteiger partial charge on any atom is 0.155 e. The van der Waals surface area contributed by atoms with Gasteiger partial charge in [-0.3, -0.25) is 0 Å². The molecule has 0 atom stereocenters. The molecule has 2 rings (SSSR count). The van der Waals surface area contributed by atoms with Crippen molar-refractivity contribution < 1.29 is 0 Å². The van der Waals surface area contributed by atoms with Crippen LogP contribution in [-0.2, 0) is 6.42 Å².